The Labute approximate surface area is 481 Å². The summed E-state index contributed by atoms with van der Waals surface area (Å²) in [6.07, 6.45) is 0.301. The second-order valence-electron chi connectivity index (χ2n) is 19.3. The first kappa shape index (κ1) is 54.6. The van der Waals surface area contributed by atoms with Crippen LogP contribution in [0.25, 0.3) is 67.1 Å². The highest BCUT2D eigenvalue weighted by atomic mass is 16.7. The molecule has 0 saturated heterocycles. The van der Waals surface area contributed by atoms with Crippen LogP contribution in [0.4, 0.5) is 0 Å². The zero-order chi connectivity index (χ0) is 59.4. The molecule has 0 spiro atoms. The molecular weight excluding hydrogens is 1110 g/mol. The number of aromatic nitrogens is 12. The first-order valence-corrected chi connectivity index (χ1v) is 26.7. The van der Waals surface area contributed by atoms with Gasteiger partial charge >= 0.3 is 29.1 Å². The predicted molar refractivity (Wildman–Crippen MR) is 299 cm³/mol. The van der Waals surface area contributed by atoms with E-state index in [9.17, 15) is 29.0 Å². The number of rotatable bonds is 17. The summed E-state index contributed by atoms with van der Waals surface area (Å²) in [5.41, 5.74) is 10.1. The number of fused-ring (bicyclic) bond motifs is 3. The van der Waals surface area contributed by atoms with Crippen LogP contribution in [0.15, 0.2) is 161 Å². The van der Waals surface area contributed by atoms with E-state index in [2.05, 4.69) is 49.7 Å². The zero-order valence-corrected chi connectivity index (χ0v) is 45.5. The van der Waals surface area contributed by atoms with Crippen molar-refractivity contribution in [3.8, 4) is 63.1 Å². The first-order valence-electron chi connectivity index (χ1n) is 26.7. The number of nitrogens with zero attached hydrogens (tertiary/aromatic N) is 9. The Kier molecular flexibility index (Phi) is 14.9. The van der Waals surface area contributed by atoms with Crippen LogP contribution in [0.5, 0.6) is 12.0 Å². The van der Waals surface area contributed by atoms with Gasteiger partial charge < -0.3 is 18.9 Å². The number of hydrogen-bond acceptors (Lipinski definition) is 19. The highest BCUT2D eigenvalue weighted by Crippen LogP contribution is 2.36. The van der Waals surface area contributed by atoms with Gasteiger partial charge in [0.05, 0.1) is 59.5 Å². The van der Waals surface area contributed by atoms with Gasteiger partial charge in [0, 0.05) is 24.0 Å². The van der Waals surface area contributed by atoms with Crippen molar-refractivity contribution in [1.82, 2.24) is 49.7 Å². The van der Waals surface area contributed by atoms with Crippen molar-refractivity contribution in [2.24, 2.45) is 0 Å². The fraction of sp³-hybridized carbons (Fsp3) is 0.169. The minimum Gasteiger partial charge on any atom is -0.465 e. The van der Waals surface area contributed by atoms with Crippen LogP contribution >= 0.6 is 0 Å². The van der Waals surface area contributed by atoms with Crippen molar-refractivity contribution in [1.29, 1.82) is 5.26 Å². The molecule has 0 aliphatic heterocycles. The zero-order valence-electron chi connectivity index (χ0n) is 45.5. The van der Waals surface area contributed by atoms with Gasteiger partial charge in [-0.25, -0.2) is 19.2 Å². The summed E-state index contributed by atoms with van der Waals surface area (Å²) in [6, 6.07) is 43.4. The van der Waals surface area contributed by atoms with Gasteiger partial charge in [-0.1, -0.05) is 139 Å². The van der Waals surface area contributed by atoms with Gasteiger partial charge in [-0.2, -0.15) is 15.2 Å². The van der Waals surface area contributed by atoms with Gasteiger partial charge in [0.2, 0.25) is 17.1 Å². The van der Waals surface area contributed by atoms with Crippen LogP contribution in [0.1, 0.15) is 81.0 Å². The highest BCUT2D eigenvalue weighted by molar-refractivity contribution is 6.03. The van der Waals surface area contributed by atoms with E-state index in [1.54, 1.807) is 41.0 Å². The molecule has 4 N–H and O–H groups in total. The second-order valence-corrected chi connectivity index (χ2v) is 19.3. The first-order chi connectivity index (χ1) is 42.0. The summed E-state index contributed by atoms with van der Waals surface area (Å²) in [5.74, 6) is -1.81. The number of imidazole rings is 2. The van der Waals surface area contributed by atoms with E-state index in [0.29, 0.717) is 112 Å². The van der Waals surface area contributed by atoms with Gasteiger partial charge in [0.1, 0.15) is 0 Å². The van der Waals surface area contributed by atoms with Crippen molar-refractivity contribution >= 4 is 34.0 Å². The lowest BCUT2D eigenvalue weighted by atomic mass is 9.98. The third-order valence-corrected chi connectivity index (χ3v) is 14.1. The molecule has 12 aromatic rings. The Bertz CT molecular complexity index is 4790. The number of H-pyrrole nitrogens is 4. The Morgan fingerprint density at radius 2 is 1.14 bits per heavy atom. The largest absolute Gasteiger partial charge is 0.465 e. The number of carbonyl (C=O) groups excluding carboxylic acids is 2. The molecule has 1 atom stereocenters. The van der Waals surface area contributed by atoms with Gasteiger partial charge in [-0.05, 0) is 81.3 Å². The van der Waals surface area contributed by atoms with Crippen LogP contribution in [0.3, 0.4) is 0 Å². The summed E-state index contributed by atoms with van der Waals surface area (Å²) in [7, 11) is 0. The van der Waals surface area contributed by atoms with Crippen LogP contribution in [0.2, 0.25) is 0 Å². The van der Waals surface area contributed by atoms with Crippen molar-refractivity contribution in [3.63, 3.8) is 0 Å². The Morgan fingerprint density at radius 1 is 0.640 bits per heavy atom. The predicted octanol–water partition coefficient (Wildman–Crippen LogP) is 7.73. The molecule has 0 saturated carbocycles. The van der Waals surface area contributed by atoms with Crippen LogP contribution in [-0.2, 0) is 35.6 Å². The maximum Gasteiger partial charge on any atom is 0.439 e. The molecule has 0 bridgehead atoms. The van der Waals surface area contributed by atoms with Gasteiger partial charge in [-0.3, -0.25) is 28.1 Å². The molecule has 13 rings (SSSR count). The molecule has 0 fully saturated rings. The van der Waals surface area contributed by atoms with E-state index < -0.39 is 29.6 Å². The van der Waals surface area contributed by atoms with Crippen LogP contribution in [-0.4, -0.2) is 74.8 Å². The molecule has 0 radical (unpaired) electrons. The van der Waals surface area contributed by atoms with E-state index in [1.165, 1.54) is 0 Å². The molecule has 6 aromatic heterocycles. The summed E-state index contributed by atoms with van der Waals surface area (Å²) >= 11 is 0. The summed E-state index contributed by atoms with van der Waals surface area (Å²) < 4.78 is 45.7. The van der Waals surface area contributed by atoms with Crippen molar-refractivity contribution in [2.75, 3.05) is 13.2 Å². The summed E-state index contributed by atoms with van der Waals surface area (Å²) in [5, 5.41) is 21.6. The lowest BCUT2D eigenvalue weighted by Gasteiger charge is -2.14. The summed E-state index contributed by atoms with van der Waals surface area (Å²) in [6.45, 7) is 4.75. The van der Waals surface area contributed by atoms with Gasteiger partial charge in [-0.15, -0.1) is 0 Å². The molecule has 86 heavy (non-hydrogen) atoms. The van der Waals surface area contributed by atoms with Gasteiger partial charge in [0.15, 0.2) is 39.6 Å². The number of hydrogen-bond donors (Lipinski definition) is 4. The highest BCUT2D eigenvalue weighted by Gasteiger charge is 2.38. The maximum atomic E-state index is 13.5. The molecule has 27 nitrogen and oxygen atoms in total. The average molecular weight is 1160 g/mol. The molecule has 6 heterocycles. The number of esters is 2. The van der Waals surface area contributed by atoms with E-state index in [1.807, 2.05) is 122 Å². The van der Waals surface area contributed by atoms with E-state index >= 15 is 0 Å². The number of nitriles is 1. The average Bonchev–Trinajstić information content (AvgIpc) is 2.96. The number of carbonyl (C=O) groups is 2. The van der Waals surface area contributed by atoms with Crippen LogP contribution < -0.4 is 30.2 Å². The third-order valence-electron chi connectivity index (χ3n) is 14.1. The molecule has 27 heteroatoms. The topological polar surface area (TPSA) is 352 Å². The standard InChI is InChI=1S/C30H24N6O7.C29H21N7O7/c1-2-40-29-31-22-9-5-8-21(28(37)41-24-15-14-23-25(24)33-43-36(23)39)26(22)35(29)16-17-10-12-18(13-11-17)19-6-3-4-7-20(19)27-32-30(38)42-34-27;1-2-40-28-31-22-9-5-8-21(27(37)41-16-23-24(14-30)36(39)43-33-23)25(22)35(28)15-17-10-12-18(13-11-17)19-6-3-4-7-20(19)26-32-29(38)42-34-26/h3-13,24H,2,14-16H2,1H3,(H-,32,33,34,38,39);3-13H,2,15-16H2,1H3,(H-,32,33,34,38,39)/p+2. The minimum absolute atomic E-state index is 0.00629. The molecule has 1 unspecified atom stereocenters. The van der Waals surface area contributed by atoms with E-state index in [4.69, 9.17) is 33.4 Å². The van der Waals surface area contributed by atoms with Crippen molar-refractivity contribution < 1.29 is 56.0 Å². The Hall–Kier alpha value is -12.0. The Balaban J connectivity index is 0.000000168. The fourth-order valence-electron chi connectivity index (χ4n) is 10.2. The van der Waals surface area contributed by atoms with E-state index in [-0.39, 0.29) is 28.2 Å². The smallest absolute Gasteiger partial charge is 0.439 e. The minimum atomic E-state index is -0.691. The van der Waals surface area contributed by atoms with E-state index in [0.717, 1.165) is 38.9 Å². The molecular formula is C59H47N13O14+2. The maximum absolute atomic E-state index is 13.5. The molecule has 1 aliphatic rings. The molecule has 6 aromatic carbocycles. The number of aromatic amines is 4. The quantitative estimate of drug-likeness (QED) is 0.0633. The van der Waals surface area contributed by atoms with Crippen molar-refractivity contribution in [3.05, 3.63) is 209 Å². The SMILES string of the molecule is CCOc1nc2cccc(C(=O)OC3CCc4c3[nH]o[n+]4=O)c2n1Cc1ccc(-c2ccccc2-c2noc(=O)[nH]2)cc1.CCOc1nc2cccc(C(=O)OCc3[nH]o[n+](=O)c3C#N)c2n1Cc1ccc(-c2ccccc2-c2noc(=O)[nH]2)cc1. The summed E-state index contributed by atoms with van der Waals surface area (Å²) in [4.78, 5) is 87.5. The number of para-hydroxylation sites is 2. The lowest BCUT2D eigenvalue weighted by molar-refractivity contribution is -0.719. The third kappa shape index (κ3) is 10.7. The van der Waals surface area contributed by atoms with Crippen LogP contribution in [0, 0.1) is 21.1 Å². The van der Waals surface area contributed by atoms with Crippen molar-refractivity contribution in [2.45, 2.75) is 52.5 Å². The second kappa shape index (κ2) is 23.5. The molecule has 0 amide bonds. The molecule has 1 aliphatic carbocycles. The number of ether oxygens (including phenoxy) is 4. The lowest BCUT2D eigenvalue weighted by Crippen LogP contribution is -2.15. The Morgan fingerprint density at radius 3 is 1.63 bits per heavy atom. The number of nitrogens with one attached hydrogen (secondary N) is 4. The fourth-order valence-corrected chi connectivity index (χ4v) is 10.2. The van der Waals surface area contributed by atoms with Gasteiger partial charge in [0.25, 0.3) is 12.0 Å². The monoisotopic (exact) mass is 1160 g/mol. The normalized spacial score (nSPS) is 12.6. The molecule has 430 valence electrons. The number of benzene rings is 6.